The number of nitrogens with one attached hydrogen (secondary N) is 1. The zero-order valence-corrected chi connectivity index (χ0v) is 11.9. The van der Waals surface area contributed by atoms with Crippen molar-refractivity contribution in [2.24, 2.45) is 5.92 Å². The van der Waals surface area contributed by atoms with Gasteiger partial charge in [-0.05, 0) is 52.5 Å². The van der Waals surface area contributed by atoms with Crippen molar-refractivity contribution in [2.45, 2.75) is 58.1 Å². The van der Waals surface area contributed by atoms with Gasteiger partial charge in [-0.3, -0.25) is 0 Å². The minimum absolute atomic E-state index is 0.152. The molecule has 0 spiro atoms. The monoisotopic (exact) mass is 254 g/mol. The molecule has 2 fully saturated rings. The predicted octanol–water partition coefficient (Wildman–Crippen LogP) is 2.39. The van der Waals surface area contributed by atoms with Gasteiger partial charge in [0.2, 0.25) is 0 Å². The quantitative estimate of drug-likeness (QED) is 0.781. The lowest BCUT2D eigenvalue weighted by Gasteiger charge is -2.29. The van der Waals surface area contributed by atoms with Gasteiger partial charge >= 0.3 is 6.09 Å². The minimum atomic E-state index is -0.391. The lowest BCUT2D eigenvalue weighted by atomic mass is 9.91. The van der Waals surface area contributed by atoms with Crippen LogP contribution in [0.15, 0.2) is 0 Å². The Labute approximate surface area is 110 Å². The summed E-state index contributed by atoms with van der Waals surface area (Å²) in [6, 6.07) is 0.603. The molecule has 0 aromatic heterocycles. The molecule has 2 heterocycles. The van der Waals surface area contributed by atoms with E-state index in [0.717, 1.165) is 26.1 Å². The van der Waals surface area contributed by atoms with E-state index in [4.69, 9.17) is 4.74 Å². The van der Waals surface area contributed by atoms with Crippen molar-refractivity contribution < 1.29 is 9.53 Å². The number of piperidine rings is 1. The SMILES string of the molecule is CC(C)(C)OC(=O)N1CC[C@H]([C@@H]2CCCCN2)C1. The fourth-order valence-electron chi connectivity index (χ4n) is 2.89. The highest BCUT2D eigenvalue weighted by Crippen LogP contribution is 2.25. The Bertz CT molecular complexity index is 293. The molecule has 2 aliphatic heterocycles. The highest BCUT2D eigenvalue weighted by Gasteiger charge is 2.34. The van der Waals surface area contributed by atoms with Crippen molar-refractivity contribution in [2.75, 3.05) is 19.6 Å². The van der Waals surface area contributed by atoms with E-state index in [1.54, 1.807) is 0 Å². The Morgan fingerprint density at radius 2 is 2.06 bits per heavy atom. The number of ether oxygens (including phenoxy) is 1. The molecule has 18 heavy (non-hydrogen) atoms. The van der Waals surface area contributed by atoms with Gasteiger partial charge in [-0.15, -0.1) is 0 Å². The zero-order chi connectivity index (χ0) is 13.2. The third-order valence-electron chi connectivity index (χ3n) is 3.79. The Hall–Kier alpha value is -0.770. The second kappa shape index (κ2) is 5.47. The van der Waals surface area contributed by atoms with Crippen LogP contribution in [-0.2, 0) is 4.74 Å². The van der Waals surface area contributed by atoms with Gasteiger partial charge in [-0.25, -0.2) is 4.79 Å². The standard InChI is InChI=1S/C14H26N2O2/c1-14(2,3)18-13(17)16-9-7-11(10-16)12-6-4-5-8-15-12/h11-12,15H,4-10H2,1-3H3/t11-,12-/m0/s1. The fraction of sp³-hybridized carbons (Fsp3) is 0.929. The summed E-state index contributed by atoms with van der Waals surface area (Å²) in [5.41, 5.74) is -0.391. The lowest BCUT2D eigenvalue weighted by molar-refractivity contribution is 0.0284. The molecule has 2 aliphatic rings. The van der Waals surface area contributed by atoms with Crippen LogP contribution in [-0.4, -0.2) is 42.3 Å². The minimum Gasteiger partial charge on any atom is -0.444 e. The normalized spacial score (nSPS) is 29.4. The molecule has 2 saturated heterocycles. The van der Waals surface area contributed by atoms with Crippen molar-refractivity contribution >= 4 is 6.09 Å². The maximum absolute atomic E-state index is 12.0. The smallest absolute Gasteiger partial charge is 0.410 e. The van der Waals surface area contributed by atoms with E-state index in [9.17, 15) is 4.79 Å². The highest BCUT2D eigenvalue weighted by atomic mass is 16.6. The molecule has 104 valence electrons. The molecule has 4 heteroatoms. The molecular weight excluding hydrogens is 228 g/mol. The number of likely N-dealkylation sites (tertiary alicyclic amines) is 1. The zero-order valence-electron chi connectivity index (χ0n) is 11.9. The Balaban J connectivity index is 1.82. The van der Waals surface area contributed by atoms with Crippen LogP contribution >= 0.6 is 0 Å². The Morgan fingerprint density at radius 1 is 1.28 bits per heavy atom. The topological polar surface area (TPSA) is 41.6 Å². The molecule has 0 unspecified atom stereocenters. The van der Waals surface area contributed by atoms with E-state index in [-0.39, 0.29) is 6.09 Å². The van der Waals surface area contributed by atoms with Gasteiger partial charge in [0.1, 0.15) is 5.60 Å². The van der Waals surface area contributed by atoms with E-state index in [2.05, 4.69) is 5.32 Å². The maximum Gasteiger partial charge on any atom is 0.410 e. The molecule has 0 aromatic rings. The number of carbonyl (C=O) groups is 1. The second-order valence-corrected chi connectivity index (χ2v) is 6.53. The molecule has 0 aromatic carbocycles. The summed E-state index contributed by atoms with van der Waals surface area (Å²) in [6.07, 6.45) is 4.82. The average molecular weight is 254 g/mol. The lowest BCUT2D eigenvalue weighted by Crippen LogP contribution is -2.42. The van der Waals surface area contributed by atoms with E-state index in [1.807, 2.05) is 25.7 Å². The Morgan fingerprint density at radius 3 is 2.67 bits per heavy atom. The molecular formula is C14H26N2O2. The number of nitrogens with zero attached hydrogens (tertiary/aromatic N) is 1. The number of carbonyl (C=O) groups excluding carboxylic acids is 1. The van der Waals surface area contributed by atoms with Gasteiger partial charge in [0.05, 0.1) is 0 Å². The summed E-state index contributed by atoms with van der Waals surface area (Å²) in [5, 5.41) is 3.59. The summed E-state index contributed by atoms with van der Waals surface area (Å²) in [4.78, 5) is 13.8. The molecule has 0 bridgehead atoms. The number of amides is 1. The number of hydrogen-bond donors (Lipinski definition) is 1. The number of hydrogen-bond acceptors (Lipinski definition) is 3. The summed E-state index contributed by atoms with van der Waals surface area (Å²) in [6.45, 7) is 8.58. The van der Waals surface area contributed by atoms with Gasteiger partial charge < -0.3 is 15.0 Å². The van der Waals surface area contributed by atoms with Crippen LogP contribution in [0.1, 0.15) is 46.5 Å². The van der Waals surface area contributed by atoms with Crippen molar-refractivity contribution in [3.63, 3.8) is 0 Å². The van der Waals surface area contributed by atoms with E-state index >= 15 is 0 Å². The fourth-order valence-corrected chi connectivity index (χ4v) is 2.89. The van der Waals surface area contributed by atoms with Crippen LogP contribution in [0, 0.1) is 5.92 Å². The van der Waals surface area contributed by atoms with Gasteiger partial charge in [-0.2, -0.15) is 0 Å². The van der Waals surface area contributed by atoms with Crippen LogP contribution in [0.5, 0.6) is 0 Å². The second-order valence-electron chi connectivity index (χ2n) is 6.53. The van der Waals surface area contributed by atoms with Crippen LogP contribution in [0.2, 0.25) is 0 Å². The number of rotatable bonds is 1. The van der Waals surface area contributed by atoms with Crippen LogP contribution in [0.25, 0.3) is 0 Å². The first-order valence-electron chi connectivity index (χ1n) is 7.17. The molecule has 0 aliphatic carbocycles. The third-order valence-corrected chi connectivity index (χ3v) is 3.79. The highest BCUT2D eigenvalue weighted by molar-refractivity contribution is 5.68. The summed E-state index contributed by atoms with van der Waals surface area (Å²) >= 11 is 0. The Kier molecular flexibility index (Phi) is 4.15. The van der Waals surface area contributed by atoms with E-state index in [0.29, 0.717) is 12.0 Å². The van der Waals surface area contributed by atoms with Crippen molar-refractivity contribution in [3.05, 3.63) is 0 Å². The first-order chi connectivity index (χ1) is 8.46. The molecule has 0 radical (unpaired) electrons. The first-order valence-corrected chi connectivity index (χ1v) is 7.17. The summed E-state index contributed by atoms with van der Waals surface area (Å²) in [5.74, 6) is 0.609. The van der Waals surface area contributed by atoms with E-state index in [1.165, 1.54) is 19.3 Å². The van der Waals surface area contributed by atoms with Crippen molar-refractivity contribution in [1.29, 1.82) is 0 Å². The van der Waals surface area contributed by atoms with Crippen LogP contribution in [0.3, 0.4) is 0 Å². The van der Waals surface area contributed by atoms with Gasteiger partial charge in [0.25, 0.3) is 0 Å². The van der Waals surface area contributed by atoms with Crippen LogP contribution < -0.4 is 5.32 Å². The van der Waals surface area contributed by atoms with Crippen LogP contribution in [0.4, 0.5) is 4.79 Å². The first kappa shape index (κ1) is 13.7. The van der Waals surface area contributed by atoms with Gasteiger partial charge in [0, 0.05) is 19.1 Å². The van der Waals surface area contributed by atoms with E-state index < -0.39 is 5.60 Å². The molecule has 1 N–H and O–H groups in total. The van der Waals surface area contributed by atoms with Crippen molar-refractivity contribution in [3.8, 4) is 0 Å². The maximum atomic E-state index is 12.0. The molecule has 1 amide bonds. The van der Waals surface area contributed by atoms with Gasteiger partial charge in [0.15, 0.2) is 0 Å². The molecule has 2 rings (SSSR count). The summed E-state index contributed by atoms with van der Waals surface area (Å²) in [7, 11) is 0. The summed E-state index contributed by atoms with van der Waals surface area (Å²) < 4.78 is 5.42. The third kappa shape index (κ3) is 3.61. The average Bonchev–Trinajstić information content (AvgIpc) is 2.77. The van der Waals surface area contributed by atoms with Crippen molar-refractivity contribution in [1.82, 2.24) is 10.2 Å². The van der Waals surface area contributed by atoms with Gasteiger partial charge in [-0.1, -0.05) is 6.42 Å². The largest absolute Gasteiger partial charge is 0.444 e. The molecule has 0 saturated carbocycles. The molecule has 4 nitrogen and oxygen atoms in total. The predicted molar refractivity (Wildman–Crippen MR) is 71.6 cm³/mol. The molecule has 2 atom stereocenters.